The Bertz CT molecular complexity index is 787. The molecular weight excluding hydrogens is 339 g/mol. The second kappa shape index (κ2) is 9.25. The summed E-state index contributed by atoms with van der Waals surface area (Å²) in [5.41, 5.74) is 4.71. The number of ether oxygens (including phenoxy) is 1. The van der Waals surface area contributed by atoms with Gasteiger partial charge in [0.25, 0.3) is 0 Å². The molecule has 0 aliphatic carbocycles. The predicted octanol–water partition coefficient (Wildman–Crippen LogP) is 3.11. The SMILES string of the molecule is CC/C(=C(/[O-])Oc1c(C(C)(C)C)cc(C)cc1C(C)(C)C)c1ccccc1.[Li+]. The van der Waals surface area contributed by atoms with Crippen molar-refractivity contribution in [2.45, 2.75) is 72.6 Å². The molecule has 0 aromatic heterocycles. The second-order valence-corrected chi connectivity index (χ2v) is 9.28. The van der Waals surface area contributed by atoms with E-state index in [2.05, 4.69) is 60.6 Å². The van der Waals surface area contributed by atoms with Crippen LogP contribution in [0.4, 0.5) is 0 Å². The average molecular weight is 372 g/mol. The van der Waals surface area contributed by atoms with Crippen molar-refractivity contribution in [1.29, 1.82) is 0 Å². The number of hydrogen-bond donors (Lipinski definition) is 0. The minimum atomic E-state index is -0.261. The quantitative estimate of drug-likeness (QED) is 0.610. The van der Waals surface area contributed by atoms with Crippen molar-refractivity contribution in [1.82, 2.24) is 0 Å². The van der Waals surface area contributed by atoms with Crippen LogP contribution in [0.25, 0.3) is 5.57 Å². The fraction of sp³-hybridized carbons (Fsp3) is 0.440. The van der Waals surface area contributed by atoms with E-state index in [9.17, 15) is 5.11 Å². The number of rotatable bonds is 4. The van der Waals surface area contributed by atoms with Crippen molar-refractivity contribution in [2.75, 3.05) is 0 Å². The van der Waals surface area contributed by atoms with Gasteiger partial charge in [0.15, 0.2) is 0 Å². The van der Waals surface area contributed by atoms with E-state index in [0.717, 1.165) is 16.7 Å². The maximum Gasteiger partial charge on any atom is 1.00 e. The number of allylic oxidation sites excluding steroid dienone is 1. The first-order valence-electron chi connectivity index (χ1n) is 9.74. The molecule has 0 saturated carbocycles. The molecular formula is C25H33LiO2. The van der Waals surface area contributed by atoms with E-state index in [-0.39, 0.29) is 35.6 Å². The first-order valence-corrected chi connectivity index (χ1v) is 9.74. The van der Waals surface area contributed by atoms with Crippen LogP contribution in [0.5, 0.6) is 5.75 Å². The third-order valence-corrected chi connectivity index (χ3v) is 4.77. The fourth-order valence-corrected chi connectivity index (χ4v) is 3.26. The Morgan fingerprint density at radius 3 is 1.75 bits per heavy atom. The third kappa shape index (κ3) is 5.69. The van der Waals surface area contributed by atoms with Gasteiger partial charge in [-0.2, -0.15) is 0 Å². The molecule has 0 aliphatic heterocycles. The molecule has 3 heteroatoms. The number of benzene rings is 2. The zero-order valence-corrected chi connectivity index (χ0v) is 19.1. The molecule has 0 fully saturated rings. The third-order valence-electron chi connectivity index (χ3n) is 4.77. The summed E-state index contributed by atoms with van der Waals surface area (Å²) in [5.74, 6) is 0.455. The minimum Gasteiger partial charge on any atom is -0.579 e. The van der Waals surface area contributed by atoms with Crippen LogP contribution in [0.15, 0.2) is 48.4 Å². The van der Waals surface area contributed by atoms with Crippen LogP contribution in [0.2, 0.25) is 0 Å². The van der Waals surface area contributed by atoms with Crippen LogP contribution in [-0.2, 0) is 10.8 Å². The Balaban J connectivity index is 0.00000392. The van der Waals surface area contributed by atoms with Crippen molar-refractivity contribution >= 4 is 5.57 Å². The van der Waals surface area contributed by atoms with E-state index < -0.39 is 0 Å². The van der Waals surface area contributed by atoms with Crippen LogP contribution >= 0.6 is 0 Å². The van der Waals surface area contributed by atoms with Crippen molar-refractivity contribution < 1.29 is 28.7 Å². The summed E-state index contributed by atoms with van der Waals surface area (Å²) in [4.78, 5) is 0. The Labute approximate surface area is 183 Å². The zero-order chi connectivity index (χ0) is 20.4. The molecule has 2 nitrogen and oxygen atoms in total. The van der Waals surface area contributed by atoms with Crippen molar-refractivity contribution in [2.24, 2.45) is 0 Å². The van der Waals surface area contributed by atoms with Gasteiger partial charge < -0.3 is 9.84 Å². The molecule has 0 aliphatic rings. The summed E-state index contributed by atoms with van der Waals surface area (Å²) in [6.07, 6.45) is 0.629. The van der Waals surface area contributed by atoms with Gasteiger partial charge in [-0.25, -0.2) is 0 Å². The maximum atomic E-state index is 13.1. The maximum absolute atomic E-state index is 13.1. The average Bonchev–Trinajstić information content (AvgIpc) is 2.56. The van der Waals surface area contributed by atoms with Crippen molar-refractivity contribution in [3.63, 3.8) is 0 Å². The van der Waals surface area contributed by atoms with E-state index in [1.165, 1.54) is 5.56 Å². The molecule has 2 aromatic carbocycles. The predicted molar refractivity (Wildman–Crippen MR) is 113 cm³/mol. The molecule has 0 heterocycles. The topological polar surface area (TPSA) is 32.3 Å². The molecule has 28 heavy (non-hydrogen) atoms. The largest absolute Gasteiger partial charge is 1.00 e. The van der Waals surface area contributed by atoms with E-state index in [4.69, 9.17) is 4.74 Å². The van der Waals surface area contributed by atoms with Crippen LogP contribution in [-0.4, -0.2) is 0 Å². The van der Waals surface area contributed by atoms with Gasteiger partial charge in [0.1, 0.15) is 0 Å². The fourth-order valence-electron chi connectivity index (χ4n) is 3.26. The first-order chi connectivity index (χ1) is 12.4. The van der Waals surface area contributed by atoms with Gasteiger partial charge >= 0.3 is 18.9 Å². The first kappa shape index (κ1) is 24.4. The zero-order valence-electron chi connectivity index (χ0n) is 19.1. The summed E-state index contributed by atoms with van der Waals surface area (Å²) in [7, 11) is 0. The van der Waals surface area contributed by atoms with Gasteiger partial charge in [0, 0.05) is 5.75 Å². The van der Waals surface area contributed by atoms with Crippen molar-refractivity contribution in [3.05, 3.63) is 70.7 Å². The Morgan fingerprint density at radius 2 is 1.36 bits per heavy atom. The van der Waals surface area contributed by atoms with E-state index in [0.29, 0.717) is 17.7 Å². The monoisotopic (exact) mass is 372 g/mol. The van der Waals surface area contributed by atoms with Gasteiger partial charge in [0.05, 0.1) is 5.95 Å². The molecule has 0 spiro atoms. The molecule has 146 valence electrons. The molecule has 0 radical (unpaired) electrons. The normalized spacial score (nSPS) is 12.9. The number of aryl methyl sites for hydroxylation is 1. The van der Waals surface area contributed by atoms with Crippen LogP contribution in [0.3, 0.4) is 0 Å². The smallest absolute Gasteiger partial charge is 0.579 e. The number of hydrogen-bond acceptors (Lipinski definition) is 2. The van der Waals surface area contributed by atoms with Gasteiger partial charge in [-0.15, -0.1) is 0 Å². The van der Waals surface area contributed by atoms with Crippen molar-refractivity contribution in [3.8, 4) is 5.75 Å². The molecule has 0 N–H and O–H groups in total. The molecule has 2 aromatic rings. The van der Waals surface area contributed by atoms with Gasteiger partial charge in [0.2, 0.25) is 0 Å². The molecule has 0 bridgehead atoms. The summed E-state index contributed by atoms with van der Waals surface area (Å²) in [6.45, 7) is 17.1. The summed E-state index contributed by atoms with van der Waals surface area (Å²) in [5, 5.41) is 13.1. The van der Waals surface area contributed by atoms with E-state index in [1.54, 1.807) is 0 Å². The summed E-state index contributed by atoms with van der Waals surface area (Å²) in [6, 6.07) is 14.1. The van der Waals surface area contributed by atoms with Gasteiger partial charge in [-0.05, 0) is 46.4 Å². The summed E-state index contributed by atoms with van der Waals surface area (Å²) < 4.78 is 6.12. The van der Waals surface area contributed by atoms with Crippen LogP contribution in [0.1, 0.15) is 77.1 Å². The summed E-state index contributed by atoms with van der Waals surface area (Å²) >= 11 is 0. The van der Waals surface area contributed by atoms with Crippen LogP contribution < -0.4 is 28.7 Å². The van der Waals surface area contributed by atoms with E-state index >= 15 is 0 Å². The molecule has 0 saturated heterocycles. The van der Waals surface area contributed by atoms with E-state index in [1.807, 2.05) is 37.3 Å². The molecule has 0 atom stereocenters. The Kier molecular flexibility index (Phi) is 8.07. The van der Waals surface area contributed by atoms with Crippen LogP contribution in [0, 0.1) is 6.92 Å². The molecule has 0 amide bonds. The molecule has 0 unspecified atom stereocenters. The minimum absolute atomic E-state index is 0. The Hall–Kier alpha value is -1.62. The van der Waals surface area contributed by atoms with Gasteiger partial charge in [-0.3, -0.25) is 0 Å². The Morgan fingerprint density at radius 1 is 0.893 bits per heavy atom. The second-order valence-electron chi connectivity index (χ2n) is 9.28. The van der Waals surface area contributed by atoms with Gasteiger partial charge in [-0.1, -0.05) is 96.5 Å². The molecule has 2 rings (SSSR count). The standard InChI is InChI=1S/C25H34O2.Li/c1-9-19(18-13-11-10-12-14-18)23(26)27-22-20(24(3,4)5)15-17(2)16-21(22)25(6,7)8;/h10-16,26H,9H2,1-8H3;/q;+1/p-1/b23-19+;.